The molecule has 0 aliphatic rings. The molecule has 0 saturated carbocycles. The molecule has 0 spiro atoms. The predicted molar refractivity (Wildman–Crippen MR) is 113 cm³/mol. The van der Waals surface area contributed by atoms with E-state index in [4.69, 9.17) is 21.1 Å². The molecule has 0 radical (unpaired) electrons. The van der Waals surface area contributed by atoms with E-state index in [0.29, 0.717) is 34.5 Å². The van der Waals surface area contributed by atoms with E-state index in [1.165, 1.54) is 6.07 Å². The molecule has 0 fully saturated rings. The van der Waals surface area contributed by atoms with E-state index in [1.54, 1.807) is 18.2 Å². The summed E-state index contributed by atoms with van der Waals surface area (Å²) in [4.78, 5) is 16.2. The van der Waals surface area contributed by atoms with E-state index in [2.05, 4.69) is 4.98 Å². The van der Waals surface area contributed by atoms with E-state index in [0.717, 1.165) is 17.5 Å². The van der Waals surface area contributed by atoms with Crippen molar-refractivity contribution in [1.82, 2.24) is 4.98 Å². The van der Waals surface area contributed by atoms with E-state index in [1.807, 2.05) is 44.2 Å². The summed E-state index contributed by atoms with van der Waals surface area (Å²) in [7, 11) is 0. The van der Waals surface area contributed by atoms with Gasteiger partial charge in [0.2, 0.25) is 0 Å². The van der Waals surface area contributed by atoms with Crippen LogP contribution < -0.4 is 9.47 Å². The topological polar surface area (TPSA) is 68.7 Å². The first-order valence-corrected chi connectivity index (χ1v) is 9.71. The number of hydrogen-bond donors (Lipinski definition) is 1. The lowest BCUT2D eigenvalue weighted by molar-refractivity contribution is 0.0693. The molecule has 0 aliphatic carbocycles. The van der Waals surface area contributed by atoms with Crippen LogP contribution in [0, 0.1) is 6.92 Å². The SMILES string of the molecule is CCCOc1cc(Cl)ccc1-c1ccc(C(=O)O)c(COc2cccc(C)c2)n1. The molecule has 0 bridgehead atoms. The van der Waals surface area contributed by atoms with E-state index < -0.39 is 5.97 Å². The van der Waals surface area contributed by atoms with Crippen LogP contribution in [0.1, 0.15) is 35.0 Å². The molecule has 3 rings (SSSR count). The summed E-state index contributed by atoms with van der Waals surface area (Å²) in [5.74, 6) is 0.220. The van der Waals surface area contributed by atoms with Gasteiger partial charge in [0, 0.05) is 10.6 Å². The molecule has 1 N–H and O–H groups in total. The average Bonchev–Trinajstić information content (AvgIpc) is 2.70. The molecule has 5 nitrogen and oxygen atoms in total. The molecule has 150 valence electrons. The van der Waals surface area contributed by atoms with E-state index in [9.17, 15) is 9.90 Å². The molecule has 1 heterocycles. The van der Waals surface area contributed by atoms with Crippen molar-refractivity contribution in [3.63, 3.8) is 0 Å². The summed E-state index contributed by atoms with van der Waals surface area (Å²) in [5, 5.41) is 10.1. The lowest BCUT2D eigenvalue weighted by atomic mass is 10.1. The van der Waals surface area contributed by atoms with Gasteiger partial charge in [0.15, 0.2) is 0 Å². The minimum absolute atomic E-state index is 0.0394. The maximum absolute atomic E-state index is 11.7. The van der Waals surface area contributed by atoms with Crippen molar-refractivity contribution in [2.24, 2.45) is 0 Å². The van der Waals surface area contributed by atoms with Crippen LogP contribution in [0.15, 0.2) is 54.6 Å². The van der Waals surface area contributed by atoms with E-state index in [-0.39, 0.29) is 12.2 Å². The van der Waals surface area contributed by atoms with Crippen molar-refractivity contribution in [3.05, 3.63) is 76.4 Å². The number of carboxylic acids is 1. The highest BCUT2D eigenvalue weighted by molar-refractivity contribution is 6.30. The minimum Gasteiger partial charge on any atom is -0.493 e. The number of pyridine rings is 1. The van der Waals surface area contributed by atoms with Gasteiger partial charge < -0.3 is 14.6 Å². The Morgan fingerprint density at radius 3 is 2.66 bits per heavy atom. The second-order valence-corrected chi connectivity index (χ2v) is 7.03. The van der Waals surface area contributed by atoms with Crippen LogP contribution in [0.3, 0.4) is 0 Å². The number of rotatable bonds is 8. The zero-order valence-electron chi connectivity index (χ0n) is 16.3. The van der Waals surface area contributed by atoms with E-state index >= 15 is 0 Å². The molecule has 0 amide bonds. The van der Waals surface area contributed by atoms with Crippen LogP contribution in [-0.4, -0.2) is 22.7 Å². The maximum atomic E-state index is 11.7. The number of aromatic nitrogens is 1. The Balaban J connectivity index is 1.95. The van der Waals surface area contributed by atoms with Crippen LogP contribution in [-0.2, 0) is 6.61 Å². The lowest BCUT2D eigenvalue weighted by Gasteiger charge is -2.14. The molecule has 0 unspecified atom stereocenters. The van der Waals surface area contributed by atoms with Gasteiger partial charge in [-0.1, -0.05) is 30.7 Å². The number of aromatic carboxylic acids is 1. The Labute approximate surface area is 174 Å². The van der Waals surface area contributed by atoms with Gasteiger partial charge in [-0.15, -0.1) is 0 Å². The third kappa shape index (κ3) is 5.27. The summed E-state index contributed by atoms with van der Waals surface area (Å²) < 4.78 is 11.6. The summed E-state index contributed by atoms with van der Waals surface area (Å²) in [6.07, 6.45) is 0.854. The number of benzene rings is 2. The van der Waals surface area contributed by atoms with Crippen LogP contribution in [0.4, 0.5) is 0 Å². The van der Waals surface area contributed by atoms with Crippen molar-refractivity contribution >= 4 is 17.6 Å². The summed E-state index contributed by atoms with van der Waals surface area (Å²) in [5.41, 5.74) is 2.85. The highest BCUT2D eigenvalue weighted by Crippen LogP contribution is 2.32. The molecule has 0 aliphatic heterocycles. The van der Waals surface area contributed by atoms with Gasteiger partial charge in [-0.05, 0) is 61.4 Å². The fourth-order valence-electron chi connectivity index (χ4n) is 2.85. The number of halogens is 1. The molecule has 1 aromatic heterocycles. The van der Waals surface area contributed by atoms with Crippen LogP contribution >= 0.6 is 11.6 Å². The van der Waals surface area contributed by atoms with Crippen LogP contribution in [0.5, 0.6) is 11.5 Å². The molecular formula is C23H22ClNO4. The van der Waals surface area contributed by atoms with Crippen LogP contribution in [0.2, 0.25) is 5.02 Å². The smallest absolute Gasteiger partial charge is 0.337 e. The normalized spacial score (nSPS) is 10.6. The first-order valence-electron chi connectivity index (χ1n) is 9.33. The van der Waals surface area contributed by atoms with Crippen LogP contribution in [0.25, 0.3) is 11.3 Å². The zero-order valence-corrected chi connectivity index (χ0v) is 17.1. The van der Waals surface area contributed by atoms with Gasteiger partial charge in [-0.25, -0.2) is 9.78 Å². The monoisotopic (exact) mass is 411 g/mol. The van der Waals surface area contributed by atoms with Crippen molar-refractivity contribution in [3.8, 4) is 22.8 Å². The second-order valence-electron chi connectivity index (χ2n) is 6.59. The average molecular weight is 412 g/mol. The largest absolute Gasteiger partial charge is 0.493 e. The predicted octanol–water partition coefficient (Wildman–Crippen LogP) is 5.78. The highest BCUT2D eigenvalue weighted by Gasteiger charge is 2.16. The number of hydrogen-bond acceptors (Lipinski definition) is 4. The Kier molecular flexibility index (Phi) is 6.73. The first kappa shape index (κ1) is 20.7. The fraction of sp³-hybridized carbons (Fsp3) is 0.217. The highest BCUT2D eigenvalue weighted by atomic mass is 35.5. The third-order valence-corrected chi connectivity index (χ3v) is 4.49. The molecule has 2 aromatic carbocycles. The molecule has 6 heteroatoms. The van der Waals surface area contributed by atoms with Crippen molar-refractivity contribution in [2.45, 2.75) is 26.9 Å². The standard InChI is InChI=1S/C23H22ClNO4/c1-3-11-28-22-13-16(24)7-8-18(22)20-10-9-19(23(26)27)21(25-20)14-29-17-6-4-5-15(2)12-17/h4-10,12-13H,3,11,14H2,1-2H3,(H,26,27). The van der Waals surface area contributed by atoms with Gasteiger partial charge in [-0.2, -0.15) is 0 Å². The summed E-state index contributed by atoms with van der Waals surface area (Å²) in [6, 6.07) is 16.1. The minimum atomic E-state index is -1.05. The third-order valence-electron chi connectivity index (χ3n) is 4.25. The molecule has 29 heavy (non-hydrogen) atoms. The Bertz CT molecular complexity index is 1020. The lowest BCUT2D eigenvalue weighted by Crippen LogP contribution is -2.09. The van der Waals surface area contributed by atoms with Gasteiger partial charge in [0.05, 0.1) is 23.6 Å². The quantitative estimate of drug-likeness (QED) is 0.509. The van der Waals surface area contributed by atoms with Gasteiger partial charge >= 0.3 is 5.97 Å². The first-order chi connectivity index (χ1) is 14.0. The number of nitrogens with zero attached hydrogens (tertiary/aromatic N) is 1. The molecular weight excluding hydrogens is 390 g/mol. The van der Waals surface area contributed by atoms with Gasteiger partial charge in [-0.3, -0.25) is 0 Å². The molecule has 0 saturated heterocycles. The van der Waals surface area contributed by atoms with Crippen molar-refractivity contribution in [2.75, 3.05) is 6.61 Å². The van der Waals surface area contributed by atoms with Gasteiger partial charge in [0.1, 0.15) is 18.1 Å². The van der Waals surface area contributed by atoms with Crippen molar-refractivity contribution in [1.29, 1.82) is 0 Å². The second kappa shape index (κ2) is 9.43. The summed E-state index contributed by atoms with van der Waals surface area (Å²) >= 11 is 6.11. The number of aryl methyl sites for hydroxylation is 1. The maximum Gasteiger partial charge on any atom is 0.337 e. The van der Waals surface area contributed by atoms with Crippen molar-refractivity contribution < 1.29 is 19.4 Å². The zero-order chi connectivity index (χ0) is 20.8. The summed E-state index contributed by atoms with van der Waals surface area (Å²) in [6.45, 7) is 4.57. The molecule has 3 aromatic rings. The Hall–Kier alpha value is -3.05. The number of carbonyl (C=O) groups is 1. The fourth-order valence-corrected chi connectivity index (χ4v) is 3.01. The molecule has 0 atom stereocenters. The number of carboxylic acid groups (broad SMARTS) is 1. The van der Waals surface area contributed by atoms with Gasteiger partial charge in [0.25, 0.3) is 0 Å². The Morgan fingerprint density at radius 2 is 1.93 bits per heavy atom. The number of ether oxygens (including phenoxy) is 2. The Morgan fingerprint density at radius 1 is 1.10 bits per heavy atom.